The van der Waals surface area contributed by atoms with Gasteiger partial charge in [-0.15, -0.1) is 11.3 Å². The van der Waals surface area contributed by atoms with Crippen LogP contribution in [0.25, 0.3) is 10.8 Å². The van der Waals surface area contributed by atoms with Crippen LogP contribution in [0.1, 0.15) is 5.69 Å². The second kappa shape index (κ2) is 5.43. The molecular formula is C11H9F3N2O2S. The number of halogens is 3. The van der Waals surface area contributed by atoms with Gasteiger partial charge in [0.25, 0.3) is 0 Å². The van der Waals surface area contributed by atoms with Crippen LogP contribution in [-0.4, -0.2) is 23.6 Å². The Kier molecular flexibility index (Phi) is 3.89. The number of hydrogen-bond acceptors (Lipinski definition) is 4. The Balaban J connectivity index is 1.91. The summed E-state index contributed by atoms with van der Waals surface area (Å²) in [5.74, 6) is -0.152. The molecule has 1 N–H and O–H groups in total. The zero-order valence-corrected chi connectivity index (χ0v) is 10.3. The molecule has 1 amide bonds. The maximum atomic E-state index is 11.9. The van der Waals surface area contributed by atoms with Gasteiger partial charge in [0.2, 0.25) is 5.91 Å². The van der Waals surface area contributed by atoms with Gasteiger partial charge in [-0.1, -0.05) is 0 Å². The highest BCUT2D eigenvalue weighted by atomic mass is 32.1. The summed E-state index contributed by atoms with van der Waals surface area (Å²) in [6.45, 7) is -1.33. The number of aromatic nitrogens is 1. The van der Waals surface area contributed by atoms with Crippen molar-refractivity contribution in [3.8, 4) is 10.8 Å². The van der Waals surface area contributed by atoms with Crippen molar-refractivity contribution in [1.82, 2.24) is 10.3 Å². The average molecular weight is 290 g/mol. The summed E-state index contributed by atoms with van der Waals surface area (Å²) in [5.41, 5.74) is 0.413. The number of furan rings is 1. The van der Waals surface area contributed by atoms with E-state index >= 15 is 0 Å². The van der Waals surface area contributed by atoms with E-state index in [-0.39, 0.29) is 6.42 Å². The first-order valence-corrected chi connectivity index (χ1v) is 6.14. The number of amides is 1. The Morgan fingerprint density at radius 3 is 2.89 bits per heavy atom. The molecule has 0 atom stereocenters. The van der Waals surface area contributed by atoms with E-state index < -0.39 is 18.6 Å². The van der Waals surface area contributed by atoms with Crippen LogP contribution < -0.4 is 5.32 Å². The van der Waals surface area contributed by atoms with Gasteiger partial charge in [0.1, 0.15) is 6.54 Å². The van der Waals surface area contributed by atoms with Crippen LogP contribution in [0.4, 0.5) is 13.2 Å². The molecule has 0 saturated carbocycles. The second-order valence-electron chi connectivity index (χ2n) is 3.69. The van der Waals surface area contributed by atoms with Gasteiger partial charge in [0.15, 0.2) is 10.8 Å². The Bertz CT molecular complexity index is 549. The zero-order chi connectivity index (χ0) is 13.9. The van der Waals surface area contributed by atoms with E-state index in [0.29, 0.717) is 16.5 Å². The van der Waals surface area contributed by atoms with Crippen molar-refractivity contribution in [1.29, 1.82) is 0 Å². The van der Waals surface area contributed by atoms with Crippen molar-refractivity contribution in [3.63, 3.8) is 0 Å². The molecule has 2 rings (SSSR count). The number of thiazole rings is 1. The van der Waals surface area contributed by atoms with E-state index in [1.165, 1.54) is 17.6 Å². The molecule has 0 unspecified atom stereocenters. The Morgan fingerprint density at radius 2 is 2.26 bits per heavy atom. The summed E-state index contributed by atoms with van der Waals surface area (Å²) < 4.78 is 40.8. The molecule has 0 bridgehead atoms. The normalized spacial score (nSPS) is 11.5. The highest BCUT2D eigenvalue weighted by Crippen LogP contribution is 2.24. The molecule has 19 heavy (non-hydrogen) atoms. The first-order valence-electron chi connectivity index (χ1n) is 5.26. The van der Waals surface area contributed by atoms with Crippen molar-refractivity contribution in [3.05, 3.63) is 29.5 Å². The molecule has 0 aliphatic rings. The smallest absolute Gasteiger partial charge is 0.405 e. The fourth-order valence-electron chi connectivity index (χ4n) is 1.33. The van der Waals surface area contributed by atoms with Gasteiger partial charge in [-0.3, -0.25) is 4.79 Å². The lowest BCUT2D eigenvalue weighted by Gasteiger charge is -2.07. The second-order valence-corrected chi connectivity index (χ2v) is 4.55. The lowest BCUT2D eigenvalue weighted by molar-refractivity contribution is -0.138. The minimum absolute atomic E-state index is 0.187. The van der Waals surface area contributed by atoms with E-state index in [0.717, 1.165) is 0 Å². The first kappa shape index (κ1) is 13.6. The first-order chi connectivity index (χ1) is 8.94. The molecule has 2 aromatic heterocycles. The van der Waals surface area contributed by atoms with Crippen molar-refractivity contribution in [2.24, 2.45) is 0 Å². The fraction of sp³-hybridized carbons (Fsp3) is 0.273. The third kappa shape index (κ3) is 4.09. The van der Waals surface area contributed by atoms with Crippen LogP contribution in [0, 0.1) is 0 Å². The molecule has 2 heterocycles. The molecule has 102 valence electrons. The molecular weight excluding hydrogens is 281 g/mol. The number of carbonyl (C=O) groups excluding carboxylic acids is 1. The average Bonchev–Trinajstić information content (AvgIpc) is 2.94. The fourth-order valence-corrected chi connectivity index (χ4v) is 2.11. The number of alkyl halides is 3. The molecule has 4 nitrogen and oxygen atoms in total. The summed E-state index contributed by atoms with van der Waals surface area (Å²) in [5, 5.41) is 4.00. The van der Waals surface area contributed by atoms with Crippen molar-refractivity contribution < 1.29 is 22.4 Å². The van der Waals surface area contributed by atoms with E-state index in [1.54, 1.807) is 22.8 Å². The highest BCUT2D eigenvalue weighted by Gasteiger charge is 2.27. The lowest BCUT2D eigenvalue weighted by Crippen LogP contribution is -2.34. The molecule has 2 aromatic rings. The predicted octanol–water partition coefficient (Wildman–Crippen LogP) is 2.62. The SMILES string of the molecule is O=C(Cc1csc(-c2ccco2)n1)NCC(F)(F)F. The number of nitrogens with one attached hydrogen (secondary N) is 1. The monoisotopic (exact) mass is 290 g/mol. The van der Waals surface area contributed by atoms with Crippen LogP contribution in [0.3, 0.4) is 0 Å². The number of carbonyl (C=O) groups is 1. The maximum Gasteiger partial charge on any atom is 0.405 e. The minimum Gasteiger partial charge on any atom is -0.462 e. The highest BCUT2D eigenvalue weighted by molar-refractivity contribution is 7.13. The van der Waals surface area contributed by atoms with E-state index in [1.807, 2.05) is 0 Å². The van der Waals surface area contributed by atoms with Gasteiger partial charge in [0.05, 0.1) is 18.4 Å². The van der Waals surface area contributed by atoms with E-state index in [2.05, 4.69) is 4.98 Å². The third-order valence-electron chi connectivity index (χ3n) is 2.11. The summed E-state index contributed by atoms with van der Waals surface area (Å²) >= 11 is 1.27. The topological polar surface area (TPSA) is 55.1 Å². The number of rotatable bonds is 4. The zero-order valence-electron chi connectivity index (χ0n) is 9.53. The molecule has 0 aromatic carbocycles. The summed E-state index contributed by atoms with van der Waals surface area (Å²) in [6.07, 6.45) is -3.10. The van der Waals surface area contributed by atoms with Gasteiger partial charge in [-0.05, 0) is 12.1 Å². The van der Waals surface area contributed by atoms with E-state index in [4.69, 9.17) is 4.42 Å². The van der Waals surface area contributed by atoms with Crippen LogP contribution in [0.15, 0.2) is 28.2 Å². The molecule has 0 fully saturated rings. The molecule has 0 aliphatic heterocycles. The molecule has 0 radical (unpaired) electrons. The summed E-state index contributed by atoms with van der Waals surface area (Å²) in [6, 6.07) is 3.42. The van der Waals surface area contributed by atoms with Crippen molar-refractivity contribution in [2.75, 3.05) is 6.54 Å². The van der Waals surface area contributed by atoms with Gasteiger partial charge < -0.3 is 9.73 Å². The van der Waals surface area contributed by atoms with Crippen LogP contribution in [-0.2, 0) is 11.2 Å². The van der Waals surface area contributed by atoms with Crippen molar-refractivity contribution >= 4 is 17.2 Å². The maximum absolute atomic E-state index is 11.9. The Labute approximate surface area is 110 Å². The molecule has 0 saturated heterocycles. The summed E-state index contributed by atoms with van der Waals surface area (Å²) in [4.78, 5) is 15.4. The number of hydrogen-bond donors (Lipinski definition) is 1. The standard InChI is InChI=1S/C11H9F3N2O2S/c12-11(13,14)6-15-9(17)4-7-5-19-10(16-7)8-2-1-3-18-8/h1-3,5H,4,6H2,(H,15,17). The lowest BCUT2D eigenvalue weighted by atomic mass is 10.3. The third-order valence-corrected chi connectivity index (χ3v) is 3.02. The van der Waals surface area contributed by atoms with Crippen LogP contribution in [0.2, 0.25) is 0 Å². The van der Waals surface area contributed by atoms with E-state index in [9.17, 15) is 18.0 Å². The van der Waals surface area contributed by atoms with Gasteiger partial charge >= 0.3 is 6.18 Å². The Hall–Kier alpha value is -1.83. The van der Waals surface area contributed by atoms with Gasteiger partial charge in [-0.2, -0.15) is 13.2 Å². The largest absolute Gasteiger partial charge is 0.462 e. The van der Waals surface area contributed by atoms with Gasteiger partial charge in [0, 0.05) is 5.38 Å². The predicted molar refractivity (Wildman–Crippen MR) is 62.6 cm³/mol. The van der Waals surface area contributed by atoms with Gasteiger partial charge in [-0.25, -0.2) is 4.98 Å². The van der Waals surface area contributed by atoms with Crippen LogP contribution >= 0.6 is 11.3 Å². The quantitative estimate of drug-likeness (QED) is 0.941. The number of nitrogens with zero attached hydrogens (tertiary/aromatic N) is 1. The van der Waals surface area contributed by atoms with Crippen molar-refractivity contribution in [2.45, 2.75) is 12.6 Å². The summed E-state index contributed by atoms with van der Waals surface area (Å²) in [7, 11) is 0. The molecule has 8 heteroatoms. The van der Waals surface area contributed by atoms with Crippen LogP contribution in [0.5, 0.6) is 0 Å². The Morgan fingerprint density at radius 1 is 1.47 bits per heavy atom. The molecule has 0 spiro atoms. The molecule has 0 aliphatic carbocycles. The minimum atomic E-state index is -4.41.